The maximum atomic E-state index is 12.3. The van der Waals surface area contributed by atoms with Crippen molar-refractivity contribution in [3.63, 3.8) is 0 Å². The Morgan fingerprint density at radius 2 is 2.11 bits per heavy atom. The van der Waals surface area contributed by atoms with E-state index in [0.29, 0.717) is 18.7 Å². The molecule has 5 nitrogen and oxygen atoms in total. The SMILES string of the molecule is BC(=O)NC(C(=O)N(CC)CC)c1cccnc1. The number of nitrogens with one attached hydrogen (secondary N) is 1. The van der Waals surface area contributed by atoms with Gasteiger partial charge in [0.25, 0.3) is 0 Å². The summed E-state index contributed by atoms with van der Waals surface area (Å²) in [5.74, 6) is -0.340. The summed E-state index contributed by atoms with van der Waals surface area (Å²) in [6.07, 6.45) is 3.23. The summed E-state index contributed by atoms with van der Waals surface area (Å²) in [5.41, 5.74) is 0.699. The van der Waals surface area contributed by atoms with Crippen LogP contribution in [0.25, 0.3) is 0 Å². The summed E-state index contributed by atoms with van der Waals surface area (Å²) < 4.78 is 0. The fraction of sp³-hybridized carbons (Fsp3) is 0.417. The largest absolute Gasteiger partial charge is 0.350 e. The number of amides is 2. The van der Waals surface area contributed by atoms with Gasteiger partial charge in [0.1, 0.15) is 6.04 Å². The van der Waals surface area contributed by atoms with Gasteiger partial charge in [0.2, 0.25) is 13.8 Å². The number of rotatable bonds is 5. The van der Waals surface area contributed by atoms with Gasteiger partial charge in [0, 0.05) is 31.0 Å². The fourth-order valence-electron chi connectivity index (χ4n) is 1.76. The molecule has 18 heavy (non-hydrogen) atoms. The fourth-order valence-corrected chi connectivity index (χ4v) is 1.76. The van der Waals surface area contributed by atoms with Gasteiger partial charge in [-0.2, -0.15) is 0 Å². The molecule has 0 bridgehead atoms. The second-order valence-electron chi connectivity index (χ2n) is 3.93. The van der Waals surface area contributed by atoms with Gasteiger partial charge in [-0.05, 0) is 19.9 Å². The number of nitrogens with zero attached hydrogens (tertiary/aromatic N) is 2. The van der Waals surface area contributed by atoms with E-state index < -0.39 is 6.04 Å². The molecule has 1 atom stereocenters. The molecule has 0 saturated carbocycles. The summed E-state index contributed by atoms with van der Waals surface area (Å²) in [6, 6.07) is 2.88. The van der Waals surface area contributed by atoms with E-state index in [0.717, 1.165) is 0 Å². The van der Waals surface area contributed by atoms with E-state index >= 15 is 0 Å². The Bertz CT molecular complexity index is 407. The minimum Gasteiger partial charge on any atom is -0.350 e. The molecule has 1 N–H and O–H groups in total. The van der Waals surface area contributed by atoms with E-state index in [2.05, 4.69) is 10.3 Å². The summed E-state index contributed by atoms with van der Waals surface area (Å²) in [4.78, 5) is 29.2. The first kappa shape index (κ1) is 14.2. The minimum absolute atomic E-state index is 0.108. The zero-order valence-corrected chi connectivity index (χ0v) is 11.0. The van der Waals surface area contributed by atoms with Gasteiger partial charge in [-0.15, -0.1) is 0 Å². The molecule has 6 heteroatoms. The van der Waals surface area contributed by atoms with Gasteiger partial charge >= 0.3 is 0 Å². The zero-order chi connectivity index (χ0) is 13.5. The first-order valence-electron chi connectivity index (χ1n) is 6.05. The maximum absolute atomic E-state index is 12.3. The van der Waals surface area contributed by atoms with Gasteiger partial charge in [-0.1, -0.05) is 6.07 Å². The van der Waals surface area contributed by atoms with Crippen molar-refractivity contribution in [2.24, 2.45) is 0 Å². The van der Waals surface area contributed by atoms with Crippen molar-refractivity contribution in [1.82, 2.24) is 15.2 Å². The predicted octanol–water partition coefficient (Wildman–Crippen LogP) is 0.334. The first-order chi connectivity index (χ1) is 8.60. The van der Waals surface area contributed by atoms with Crippen molar-refractivity contribution >= 4 is 19.6 Å². The average Bonchev–Trinajstić information content (AvgIpc) is 2.38. The number of carbonyl (C=O) groups excluding carboxylic acids is 2. The highest BCUT2D eigenvalue weighted by molar-refractivity contribution is 6.57. The Morgan fingerprint density at radius 1 is 1.44 bits per heavy atom. The smallest absolute Gasteiger partial charge is 0.249 e. The van der Waals surface area contributed by atoms with Crippen LogP contribution in [0.2, 0.25) is 0 Å². The van der Waals surface area contributed by atoms with E-state index in [1.165, 1.54) is 7.85 Å². The lowest BCUT2D eigenvalue weighted by Crippen LogP contribution is -2.42. The van der Waals surface area contributed by atoms with Gasteiger partial charge < -0.3 is 10.2 Å². The lowest BCUT2D eigenvalue weighted by Gasteiger charge is -2.25. The van der Waals surface area contributed by atoms with Crippen LogP contribution in [0.3, 0.4) is 0 Å². The van der Waals surface area contributed by atoms with Crippen LogP contribution < -0.4 is 5.32 Å². The molecule has 96 valence electrons. The topological polar surface area (TPSA) is 62.3 Å². The van der Waals surface area contributed by atoms with E-state index in [-0.39, 0.29) is 11.7 Å². The minimum atomic E-state index is -0.656. The zero-order valence-electron chi connectivity index (χ0n) is 11.0. The number of hydrogen-bond donors (Lipinski definition) is 1. The molecule has 0 radical (unpaired) electrons. The molecule has 0 aliphatic rings. The highest BCUT2D eigenvalue weighted by Gasteiger charge is 2.25. The standard InChI is InChI=1S/C12H18BN3O2/c1-3-16(4-2)11(17)10(15-12(13)18)9-6-5-7-14-8-9/h5-8,10H,3-4,13H2,1-2H3,(H,15,18). The van der Waals surface area contributed by atoms with Crippen molar-refractivity contribution in [3.05, 3.63) is 30.1 Å². The van der Waals surface area contributed by atoms with Gasteiger partial charge in [0.05, 0.1) is 0 Å². The Kier molecular flexibility index (Phi) is 5.36. The van der Waals surface area contributed by atoms with Gasteiger partial charge in [-0.25, -0.2) is 0 Å². The molecular weight excluding hydrogens is 229 g/mol. The number of hydrogen-bond acceptors (Lipinski definition) is 3. The lowest BCUT2D eigenvalue weighted by atomic mass is 10.0. The Hall–Kier alpha value is -1.85. The molecule has 1 unspecified atom stereocenters. The van der Waals surface area contributed by atoms with Crippen LogP contribution in [-0.2, 0) is 4.79 Å². The lowest BCUT2D eigenvalue weighted by molar-refractivity contribution is -0.132. The van der Waals surface area contributed by atoms with Crippen molar-refractivity contribution in [3.8, 4) is 0 Å². The molecule has 1 heterocycles. The summed E-state index contributed by atoms with van der Waals surface area (Å²) in [7, 11) is 1.40. The number of carbonyl (C=O) groups is 2. The molecule has 1 rings (SSSR count). The van der Waals surface area contributed by atoms with Gasteiger partial charge in [0.15, 0.2) is 5.81 Å². The quantitative estimate of drug-likeness (QED) is 0.763. The second kappa shape index (κ2) is 6.78. The molecule has 2 amide bonds. The van der Waals surface area contributed by atoms with Crippen molar-refractivity contribution < 1.29 is 9.59 Å². The molecule has 0 saturated heterocycles. The van der Waals surface area contributed by atoms with E-state index in [4.69, 9.17) is 0 Å². The van der Waals surface area contributed by atoms with E-state index in [9.17, 15) is 9.59 Å². The molecular formula is C12H18BN3O2. The monoisotopic (exact) mass is 247 g/mol. The summed E-state index contributed by atoms with van der Waals surface area (Å²) >= 11 is 0. The Labute approximate surface area is 108 Å². The average molecular weight is 247 g/mol. The molecule has 0 aliphatic heterocycles. The predicted molar refractivity (Wildman–Crippen MR) is 72.0 cm³/mol. The van der Waals surface area contributed by atoms with Crippen LogP contribution in [0.15, 0.2) is 24.5 Å². The van der Waals surface area contributed by atoms with Crippen LogP contribution >= 0.6 is 0 Å². The normalized spacial score (nSPS) is 11.7. The first-order valence-corrected chi connectivity index (χ1v) is 6.05. The van der Waals surface area contributed by atoms with Crippen LogP contribution in [0.1, 0.15) is 25.5 Å². The molecule has 1 aromatic heterocycles. The van der Waals surface area contributed by atoms with Crippen molar-refractivity contribution in [2.45, 2.75) is 19.9 Å². The van der Waals surface area contributed by atoms with Crippen LogP contribution in [0.5, 0.6) is 0 Å². The second-order valence-corrected chi connectivity index (χ2v) is 3.93. The highest BCUT2D eigenvalue weighted by atomic mass is 16.2. The van der Waals surface area contributed by atoms with E-state index in [1.807, 2.05) is 13.8 Å². The third-order valence-corrected chi connectivity index (χ3v) is 2.69. The maximum Gasteiger partial charge on any atom is 0.249 e. The van der Waals surface area contributed by atoms with Crippen LogP contribution in [0.4, 0.5) is 4.79 Å². The molecule has 1 aromatic rings. The summed E-state index contributed by atoms with van der Waals surface area (Å²) in [6.45, 7) is 5.06. The molecule has 0 fully saturated rings. The van der Waals surface area contributed by atoms with Crippen LogP contribution in [0, 0.1) is 0 Å². The number of pyridine rings is 1. The van der Waals surface area contributed by atoms with Gasteiger partial charge in [-0.3, -0.25) is 14.6 Å². The Morgan fingerprint density at radius 3 is 2.56 bits per heavy atom. The van der Waals surface area contributed by atoms with Crippen molar-refractivity contribution in [2.75, 3.05) is 13.1 Å². The number of likely N-dealkylation sites (N-methyl/N-ethyl adjacent to an activating group) is 1. The highest BCUT2D eigenvalue weighted by Crippen LogP contribution is 2.14. The van der Waals surface area contributed by atoms with Crippen LogP contribution in [-0.4, -0.2) is 42.5 Å². The Balaban J connectivity index is 2.98. The third kappa shape index (κ3) is 3.58. The third-order valence-electron chi connectivity index (χ3n) is 2.69. The van der Waals surface area contributed by atoms with E-state index in [1.54, 1.807) is 29.4 Å². The molecule has 0 aromatic carbocycles. The molecule has 0 spiro atoms. The van der Waals surface area contributed by atoms with Crippen molar-refractivity contribution in [1.29, 1.82) is 0 Å². The summed E-state index contributed by atoms with van der Waals surface area (Å²) in [5, 5.41) is 2.67. The number of aromatic nitrogens is 1. The molecule has 0 aliphatic carbocycles.